The Morgan fingerprint density at radius 3 is 1.32 bits per heavy atom. The third-order valence-corrected chi connectivity index (χ3v) is 8.93. The summed E-state index contributed by atoms with van der Waals surface area (Å²) in [4.78, 5) is 24.2. The lowest BCUT2D eigenvalue weighted by atomic mass is 9.71. The maximum absolute atomic E-state index is 12.1. The fourth-order valence-electron chi connectivity index (χ4n) is 6.21. The van der Waals surface area contributed by atoms with Crippen LogP contribution in [0.25, 0.3) is 0 Å². The quantitative estimate of drug-likeness (QED) is 0.197. The number of rotatable bonds is 10. The summed E-state index contributed by atoms with van der Waals surface area (Å²) in [7, 11) is 0. The summed E-state index contributed by atoms with van der Waals surface area (Å²) in [6, 6.07) is 0. The third-order valence-electron chi connectivity index (χ3n) is 8.93. The molecule has 4 atom stereocenters. The molecule has 4 unspecified atom stereocenters. The van der Waals surface area contributed by atoms with Crippen LogP contribution in [0.5, 0.6) is 0 Å². The summed E-state index contributed by atoms with van der Waals surface area (Å²) in [6.07, 6.45) is 19.3. The lowest BCUT2D eigenvalue weighted by Gasteiger charge is -2.37. The predicted molar refractivity (Wildman–Crippen MR) is 161 cm³/mol. The third kappa shape index (κ3) is 8.05. The van der Waals surface area contributed by atoms with Gasteiger partial charge in [0.05, 0.1) is 11.5 Å². The van der Waals surface area contributed by atoms with Crippen molar-refractivity contribution in [3.05, 3.63) is 71.3 Å². The standard InChI is InChI=1S/C35H48O6/c1-23(2)33(36)40-31-13-9-7-11-29(31)38-27-19-15-25(16-20-27)35(5,6)26-17-21-28(22-18-26)39-30-12-8-10-14-32(30)41-34(37)24(3)4/h15,17,19,21,29-32H,1,3,7-14,16,18,20,22H2,2,4-6H3. The number of esters is 2. The molecule has 0 aromatic carbocycles. The lowest BCUT2D eigenvalue weighted by molar-refractivity contribution is -0.154. The van der Waals surface area contributed by atoms with Gasteiger partial charge in [0.2, 0.25) is 0 Å². The molecule has 0 aliphatic heterocycles. The Morgan fingerprint density at radius 1 is 0.634 bits per heavy atom. The zero-order valence-corrected chi connectivity index (χ0v) is 25.5. The highest BCUT2D eigenvalue weighted by Crippen LogP contribution is 2.44. The Kier molecular flexibility index (Phi) is 10.4. The summed E-state index contributed by atoms with van der Waals surface area (Å²) in [5, 5.41) is 0. The van der Waals surface area contributed by atoms with E-state index in [9.17, 15) is 9.59 Å². The maximum Gasteiger partial charge on any atom is 0.333 e. The van der Waals surface area contributed by atoms with Gasteiger partial charge in [0.25, 0.3) is 0 Å². The van der Waals surface area contributed by atoms with Crippen molar-refractivity contribution in [1.82, 2.24) is 0 Å². The van der Waals surface area contributed by atoms with Crippen LogP contribution in [0.15, 0.2) is 71.3 Å². The van der Waals surface area contributed by atoms with E-state index in [0.717, 1.165) is 88.6 Å². The topological polar surface area (TPSA) is 71.1 Å². The summed E-state index contributed by atoms with van der Waals surface area (Å²) in [6.45, 7) is 15.4. The van der Waals surface area contributed by atoms with Crippen LogP contribution in [0.1, 0.15) is 105 Å². The minimum absolute atomic E-state index is 0.0706. The molecule has 0 amide bonds. The Labute approximate surface area is 246 Å². The number of allylic oxidation sites excluding steroid dienone is 8. The van der Waals surface area contributed by atoms with Gasteiger partial charge in [-0.15, -0.1) is 0 Å². The molecule has 0 spiro atoms. The molecule has 0 bridgehead atoms. The second-order valence-corrected chi connectivity index (χ2v) is 12.6. The van der Waals surface area contributed by atoms with Crippen LogP contribution < -0.4 is 0 Å². The van der Waals surface area contributed by atoms with Crippen LogP contribution in [0, 0.1) is 5.41 Å². The first kappa shape index (κ1) is 30.9. The van der Waals surface area contributed by atoms with Gasteiger partial charge in [0, 0.05) is 29.4 Å². The molecule has 0 N–H and O–H groups in total. The molecule has 6 heteroatoms. The lowest BCUT2D eigenvalue weighted by Crippen LogP contribution is -2.36. The second kappa shape index (κ2) is 13.8. The van der Waals surface area contributed by atoms with E-state index in [1.165, 1.54) is 11.1 Å². The van der Waals surface area contributed by atoms with Crippen molar-refractivity contribution in [2.45, 2.75) is 129 Å². The van der Waals surface area contributed by atoms with Gasteiger partial charge in [-0.1, -0.05) is 50.3 Å². The van der Waals surface area contributed by atoms with E-state index in [1.807, 2.05) is 0 Å². The molecular formula is C35H48O6. The molecule has 0 heterocycles. The summed E-state index contributed by atoms with van der Waals surface area (Å²) in [5.41, 5.74) is 3.56. The van der Waals surface area contributed by atoms with Gasteiger partial charge < -0.3 is 18.9 Å². The number of hydrogen-bond donors (Lipinski definition) is 0. The van der Waals surface area contributed by atoms with Crippen molar-refractivity contribution in [2.75, 3.05) is 0 Å². The summed E-state index contributed by atoms with van der Waals surface area (Å²) >= 11 is 0. The minimum atomic E-state index is -0.333. The fraction of sp³-hybridized carbons (Fsp3) is 0.600. The van der Waals surface area contributed by atoms with Crippen LogP contribution in [0.4, 0.5) is 0 Å². The summed E-state index contributed by atoms with van der Waals surface area (Å²) < 4.78 is 24.2. The van der Waals surface area contributed by atoms with Crippen molar-refractivity contribution in [2.24, 2.45) is 5.41 Å². The van der Waals surface area contributed by atoms with Gasteiger partial charge in [-0.05, 0) is 90.2 Å². The SMILES string of the molecule is C=C(C)C(=O)OC1CCCCC1OC1=CC=C(C(C)(C)C2=CC=C(OC3CCCCC3OC(=O)C(=C)C)CC2)CC1. The zero-order chi connectivity index (χ0) is 29.6. The number of carbonyl (C=O) groups is 2. The molecule has 41 heavy (non-hydrogen) atoms. The van der Waals surface area contributed by atoms with E-state index in [1.54, 1.807) is 13.8 Å². The molecule has 4 aliphatic rings. The first-order valence-electron chi connectivity index (χ1n) is 15.4. The normalized spacial score (nSPS) is 26.8. The van der Waals surface area contributed by atoms with Gasteiger partial charge in [0.1, 0.15) is 24.4 Å². The van der Waals surface area contributed by atoms with Crippen LogP contribution in [0.2, 0.25) is 0 Å². The molecule has 4 aliphatic carbocycles. The van der Waals surface area contributed by atoms with E-state index in [-0.39, 0.29) is 41.8 Å². The van der Waals surface area contributed by atoms with Gasteiger partial charge >= 0.3 is 11.9 Å². The second-order valence-electron chi connectivity index (χ2n) is 12.6. The smallest absolute Gasteiger partial charge is 0.333 e. The Balaban J connectivity index is 1.37. The summed E-state index contributed by atoms with van der Waals surface area (Å²) in [5.74, 6) is 1.27. The molecule has 4 rings (SSSR count). The molecule has 6 nitrogen and oxygen atoms in total. The van der Waals surface area contributed by atoms with Crippen molar-refractivity contribution in [3.63, 3.8) is 0 Å². The van der Waals surface area contributed by atoms with Crippen LogP contribution in [-0.4, -0.2) is 36.4 Å². The Hall–Kier alpha value is -3.02. The van der Waals surface area contributed by atoms with E-state index in [2.05, 4.69) is 51.3 Å². The number of carbonyl (C=O) groups excluding carboxylic acids is 2. The number of hydrogen-bond acceptors (Lipinski definition) is 6. The molecule has 0 aromatic rings. The average Bonchev–Trinajstić information content (AvgIpc) is 2.95. The highest BCUT2D eigenvalue weighted by Gasteiger charge is 2.34. The zero-order valence-electron chi connectivity index (χ0n) is 25.5. The first-order valence-corrected chi connectivity index (χ1v) is 15.4. The van der Waals surface area contributed by atoms with E-state index in [4.69, 9.17) is 18.9 Å². The monoisotopic (exact) mass is 564 g/mol. The number of ether oxygens (including phenoxy) is 4. The van der Waals surface area contributed by atoms with Crippen molar-refractivity contribution < 1.29 is 28.5 Å². The Morgan fingerprint density at radius 2 is 1.00 bits per heavy atom. The average molecular weight is 565 g/mol. The van der Waals surface area contributed by atoms with Crippen LogP contribution in [0.3, 0.4) is 0 Å². The van der Waals surface area contributed by atoms with E-state index < -0.39 is 0 Å². The Bertz CT molecular complexity index is 1060. The molecular weight excluding hydrogens is 516 g/mol. The molecule has 224 valence electrons. The predicted octanol–water partition coefficient (Wildman–Crippen LogP) is 8.12. The highest BCUT2D eigenvalue weighted by atomic mass is 16.6. The molecule has 2 saturated carbocycles. The van der Waals surface area contributed by atoms with E-state index >= 15 is 0 Å². The minimum Gasteiger partial charge on any atom is -0.491 e. The molecule has 0 radical (unpaired) electrons. The largest absolute Gasteiger partial charge is 0.491 e. The van der Waals surface area contributed by atoms with E-state index in [0.29, 0.717) is 11.1 Å². The van der Waals surface area contributed by atoms with Crippen LogP contribution >= 0.6 is 0 Å². The van der Waals surface area contributed by atoms with Gasteiger partial charge in [0.15, 0.2) is 0 Å². The van der Waals surface area contributed by atoms with Gasteiger partial charge in [-0.3, -0.25) is 0 Å². The first-order chi connectivity index (χ1) is 19.5. The van der Waals surface area contributed by atoms with Crippen molar-refractivity contribution >= 4 is 11.9 Å². The van der Waals surface area contributed by atoms with Crippen molar-refractivity contribution in [1.29, 1.82) is 0 Å². The fourth-order valence-corrected chi connectivity index (χ4v) is 6.21. The molecule has 0 aromatic heterocycles. The van der Waals surface area contributed by atoms with Gasteiger partial charge in [-0.2, -0.15) is 0 Å². The van der Waals surface area contributed by atoms with Gasteiger partial charge in [-0.25, -0.2) is 9.59 Å². The molecule has 0 saturated heterocycles. The highest BCUT2D eigenvalue weighted by molar-refractivity contribution is 5.87. The van der Waals surface area contributed by atoms with Crippen LogP contribution in [-0.2, 0) is 28.5 Å². The molecule has 2 fully saturated rings. The van der Waals surface area contributed by atoms with Crippen molar-refractivity contribution in [3.8, 4) is 0 Å². The maximum atomic E-state index is 12.1.